The van der Waals surface area contributed by atoms with Crippen LogP contribution in [0.4, 0.5) is 5.69 Å². The molecule has 152 valence electrons. The normalized spacial score (nSPS) is 15.3. The van der Waals surface area contributed by atoms with E-state index in [1.165, 1.54) is 0 Å². The maximum atomic E-state index is 13.3. The highest BCUT2D eigenvalue weighted by Gasteiger charge is 2.24. The number of nitrogens with zero attached hydrogens (tertiary/aromatic N) is 4. The summed E-state index contributed by atoms with van der Waals surface area (Å²) in [6, 6.07) is 5.64. The smallest absolute Gasteiger partial charge is 0.290 e. The second-order valence-corrected chi connectivity index (χ2v) is 8.25. The molecule has 7 heteroatoms. The van der Waals surface area contributed by atoms with Crippen LogP contribution in [0, 0.1) is 12.8 Å². The lowest BCUT2D eigenvalue weighted by atomic mass is 10.0. The molecule has 0 atom stereocenters. The zero-order valence-electron chi connectivity index (χ0n) is 17.3. The number of ether oxygens (including phenoxy) is 1. The van der Waals surface area contributed by atoms with Crippen LogP contribution in [0.2, 0.25) is 5.02 Å². The van der Waals surface area contributed by atoms with Crippen molar-refractivity contribution in [2.45, 2.75) is 27.3 Å². The summed E-state index contributed by atoms with van der Waals surface area (Å²) in [7, 11) is 3.71. The quantitative estimate of drug-likeness (QED) is 0.765. The SMILES string of the molecule is COc1ccc(-c2nn(CC(C)C)c(=O)c(N3CCN(C)CC3)c2C)cc1Cl. The van der Waals surface area contributed by atoms with Gasteiger partial charge in [-0.3, -0.25) is 4.79 Å². The first-order chi connectivity index (χ1) is 13.3. The van der Waals surface area contributed by atoms with Crippen molar-refractivity contribution in [3.8, 4) is 17.0 Å². The molecule has 2 heterocycles. The Morgan fingerprint density at radius 2 is 1.89 bits per heavy atom. The molecule has 1 aliphatic rings. The lowest BCUT2D eigenvalue weighted by molar-refractivity contribution is 0.312. The molecule has 1 aromatic heterocycles. The van der Waals surface area contributed by atoms with Crippen LogP contribution in [-0.2, 0) is 6.54 Å². The van der Waals surface area contributed by atoms with Gasteiger partial charge in [-0.15, -0.1) is 0 Å². The lowest BCUT2D eigenvalue weighted by Crippen LogP contribution is -2.47. The number of piperazine rings is 1. The zero-order chi connectivity index (χ0) is 20.4. The maximum Gasteiger partial charge on any atom is 0.290 e. The van der Waals surface area contributed by atoms with E-state index >= 15 is 0 Å². The van der Waals surface area contributed by atoms with Crippen molar-refractivity contribution in [1.29, 1.82) is 0 Å². The predicted molar refractivity (Wildman–Crippen MR) is 115 cm³/mol. The standard InChI is InChI=1S/C21H29ClN4O2/c1-14(2)13-26-21(27)20(25-10-8-24(4)9-11-25)15(3)19(23-26)16-6-7-18(28-5)17(22)12-16/h6-7,12,14H,8-11,13H2,1-5H3. The van der Waals surface area contributed by atoms with Gasteiger partial charge in [-0.25, -0.2) is 4.68 Å². The number of halogens is 1. The molecule has 0 spiro atoms. The summed E-state index contributed by atoms with van der Waals surface area (Å²) in [6.07, 6.45) is 0. The molecule has 1 fully saturated rings. The lowest BCUT2D eigenvalue weighted by Gasteiger charge is -2.34. The Morgan fingerprint density at radius 1 is 1.21 bits per heavy atom. The first-order valence-corrected chi connectivity index (χ1v) is 10.1. The van der Waals surface area contributed by atoms with E-state index in [9.17, 15) is 4.79 Å². The van der Waals surface area contributed by atoms with Crippen molar-refractivity contribution in [3.63, 3.8) is 0 Å². The predicted octanol–water partition coefficient (Wildman–Crippen LogP) is 3.29. The molecule has 0 bridgehead atoms. The molecule has 1 aliphatic heterocycles. The number of hydrogen-bond acceptors (Lipinski definition) is 5. The van der Waals surface area contributed by atoms with E-state index in [2.05, 4.69) is 30.7 Å². The molecule has 2 aromatic rings. The molecule has 0 radical (unpaired) electrons. The highest BCUT2D eigenvalue weighted by atomic mass is 35.5. The molecule has 0 saturated carbocycles. The summed E-state index contributed by atoms with van der Waals surface area (Å²) < 4.78 is 6.88. The average molecular weight is 405 g/mol. The second kappa shape index (κ2) is 8.53. The van der Waals surface area contributed by atoms with Gasteiger partial charge in [0.2, 0.25) is 0 Å². The summed E-state index contributed by atoms with van der Waals surface area (Å²) in [5.74, 6) is 0.943. The number of benzene rings is 1. The number of aromatic nitrogens is 2. The van der Waals surface area contributed by atoms with Gasteiger partial charge in [0.25, 0.3) is 5.56 Å². The van der Waals surface area contributed by atoms with Gasteiger partial charge < -0.3 is 14.5 Å². The maximum absolute atomic E-state index is 13.3. The van der Waals surface area contributed by atoms with Crippen molar-refractivity contribution in [3.05, 3.63) is 39.1 Å². The second-order valence-electron chi connectivity index (χ2n) is 7.84. The summed E-state index contributed by atoms with van der Waals surface area (Å²) in [5, 5.41) is 5.25. The van der Waals surface area contributed by atoms with Crippen molar-refractivity contribution in [1.82, 2.24) is 14.7 Å². The highest BCUT2D eigenvalue weighted by molar-refractivity contribution is 6.32. The van der Waals surface area contributed by atoms with Crippen LogP contribution in [0.1, 0.15) is 19.4 Å². The highest BCUT2D eigenvalue weighted by Crippen LogP contribution is 2.32. The van der Waals surface area contributed by atoms with Gasteiger partial charge in [0.05, 0.1) is 17.8 Å². The summed E-state index contributed by atoms with van der Waals surface area (Å²) in [6.45, 7) is 10.3. The van der Waals surface area contributed by atoms with Crippen LogP contribution >= 0.6 is 11.6 Å². The number of likely N-dealkylation sites (N-methyl/N-ethyl adjacent to an activating group) is 1. The zero-order valence-corrected chi connectivity index (χ0v) is 18.1. The molecule has 0 amide bonds. The molecule has 28 heavy (non-hydrogen) atoms. The van der Waals surface area contributed by atoms with E-state index in [4.69, 9.17) is 21.4 Å². The van der Waals surface area contributed by atoms with E-state index in [-0.39, 0.29) is 5.56 Å². The van der Waals surface area contributed by atoms with Gasteiger partial charge in [-0.2, -0.15) is 5.10 Å². The molecule has 0 unspecified atom stereocenters. The molecular weight excluding hydrogens is 376 g/mol. The van der Waals surface area contributed by atoms with Crippen molar-refractivity contribution in [2.24, 2.45) is 5.92 Å². The van der Waals surface area contributed by atoms with Crippen molar-refractivity contribution >= 4 is 17.3 Å². The van der Waals surface area contributed by atoms with Gasteiger partial charge in [0, 0.05) is 43.9 Å². The average Bonchev–Trinajstić information content (AvgIpc) is 2.65. The largest absolute Gasteiger partial charge is 0.495 e. The third-order valence-electron chi connectivity index (χ3n) is 5.15. The van der Waals surface area contributed by atoms with Gasteiger partial charge in [-0.05, 0) is 38.1 Å². The Kier molecular flexibility index (Phi) is 6.30. The Balaban J connectivity index is 2.15. The fourth-order valence-electron chi connectivity index (χ4n) is 3.60. The third-order valence-corrected chi connectivity index (χ3v) is 5.45. The molecule has 1 aromatic carbocycles. The minimum atomic E-state index is -0.0147. The van der Waals surface area contributed by atoms with E-state index in [1.54, 1.807) is 11.8 Å². The van der Waals surface area contributed by atoms with Crippen LogP contribution in [0.5, 0.6) is 5.75 Å². The Bertz CT molecular complexity index is 902. The fraction of sp³-hybridized carbons (Fsp3) is 0.524. The Morgan fingerprint density at radius 3 is 2.46 bits per heavy atom. The van der Waals surface area contributed by atoms with E-state index in [0.717, 1.165) is 48.7 Å². The Labute approximate surface area is 171 Å². The molecule has 3 rings (SSSR count). The van der Waals surface area contributed by atoms with E-state index < -0.39 is 0 Å². The number of rotatable bonds is 5. The first kappa shape index (κ1) is 20.7. The monoisotopic (exact) mass is 404 g/mol. The number of hydrogen-bond donors (Lipinski definition) is 0. The first-order valence-electron chi connectivity index (χ1n) is 9.71. The molecule has 0 aliphatic carbocycles. The van der Waals surface area contributed by atoms with Crippen LogP contribution in [0.3, 0.4) is 0 Å². The molecule has 1 saturated heterocycles. The molecular formula is C21H29ClN4O2. The fourth-order valence-corrected chi connectivity index (χ4v) is 3.85. The van der Waals surface area contributed by atoms with Gasteiger partial charge in [0.15, 0.2) is 0 Å². The van der Waals surface area contributed by atoms with Gasteiger partial charge >= 0.3 is 0 Å². The minimum Gasteiger partial charge on any atom is -0.495 e. The topological polar surface area (TPSA) is 50.6 Å². The van der Waals surface area contributed by atoms with Crippen LogP contribution < -0.4 is 15.2 Å². The summed E-state index contributed by atoms with van der Waals surface area (Å²) in [5.41, 5.74) is 3.32. The molecule has 0 N–H and O–H groups in total. The minimum absolute atomic E-state index is 0.0147. The van der Waals surface area contributed by atoms with Gasteiger partial charge in [-0.1, -0.05) is 25.4 Å². The number of anilines is 1. The third kappa shape index (κ3) is 4.18. The van der Waals surface area contributed by atoms with E-state index in [1.807, 2.05) is 25.1 Å². The summed E-state index contributed by atoms with van der Waals surface area (Å²) in [4.78, 5) is 17.7. The Hall–Kier alpha value is -2.05. The number of methoxy groups -OCH3 is 1. The van der Waals surface area contributed by atoms with E-state index in [0.29, 0.717) is 23.2 Å². The van der Waals surface area contributed by atoms with Crippen molar-refractivity contribution < 1.29 is 4.74 Å². The summed E-state index contributed by atoms with van der Waals surface area (Å²) >= 11 is 6.35. The van der Waals surface area contributed by atoms with Crippen LogP contribution in [0.15, 0.2) is 23.0 Å². The van der Waals surface area contributed by atoms with Crippen LogP contribution in [-0.4, -0.2) is 55.0 Å². The van der Waals surface area contributed by atoms with Gasteiger partial charge in [0.1, 0.15) is 11.4 Å². The molecule has 6 nitrogen and oxygen atoms in total. The van der Waals surface area contributed by atoms with Crippen molar-refractivity contribution in [2.75, 3.05) is 45.2 Å². The van der Waals surface area contributed by atoms with Crippen LogP contribution in [0.25, 0.3) is 11.3 Å².